The molecule has 1 aromatic rings. The van der Waals surface area contributed by atoms with E-state index in [1.807, 2.05) is 12.1 Å². The van der Waals surface area contributed by atoms with Gasteiger partial charge < -0.3 is 9.84 Å². The zero-order valence-corrected chi connectivity index (χ0v) is 11.4. The molecule has 0 saturated heterocycles. The Bertz CT molecular complexity index is 502. The first-order valence-corrected chi connectivity index (χ1v) is 7.20. The Morgan fingerprint density at radius 1 is 1.32 bits per heavy atom. The topological polar surface area (TPSA) is 46.5 Å². The number of halogens is 1. The van der Waals surface area contributed by atoms with E-state index in [2.05, 4.69) is 0 Å². The van der Waals surface area contributed by atoms with Gasteiger partial charge in [-0.2, -0.15) is 0 Å². The average molecular weight is 281 g/mol. The smallest absolute Gasteiger partial charge is 0.314 e. The lowest BCUT2D eigenvalue weighted by Gasteiger charge is -2.16. The van der Waals surface area contributed by atoms with E-state index in [1.165, 1.54) is 12.8 Å². The van der Waals surface area contributed by atoms with E-state index in [-0.39, 0.29) is 6.10 Å². The molecule has 0 spiro atoms. The zero-order chi connectivity index (χ0) is 13.5. The fraction of sp³-hybridized carbons (Fsp3) is 0.533. The van der Waals surface area contributed by atoms with Crippen LogP contribution in [0.2, 0.25) is 5.02 Å². The SMILES string of the molecule is O=C(O)C1(c2ccc(OC3CCCC3)c(Cl)c2)CC1. The second kappa shape index (κ2) is 4.71. The van der Waals surface area contributed by atoms with Crippen LogP contribution in [0.15, 0.2) is 18.2 Å². The van der Waals surface area contributed by atoms with Gasteiger partial charge in [0.05, 0.1) is 16.5 Å². The van der Waals surface area contributed by atoms with Crippen molar-refractivity contribution in [3.63, 3.8) is 0 Å². The van der Waals surface area contributed by atoms with Crippen molar-refractivity contribution in [2.75, 3.05) is 0 Å². The van der Waals surface area contributed by atoms with Gasteiger partial charge in [0.15, 0.2) is 0 Å². The van der Waals surface area contributed by atoms with Crippen molar-refractivity contribution < 1.29 is 14.6 Å². The van der Waals surface area contributed by atoms with Crippen molar-refractivity contribution in [1.82, 2.24) is 0 Å². The van der Waals surface area contributed by atoms with Crippen LogP contribution in [0, 0.1) is 0 Å². The van der Waals surface area contributed by atoms with Crippen LogP contribution in [0.1, 0.15) is 44.1 Å². The summed E-state index contributed by atoms with van der Waals surface area (Å²) in [5.74, 6) is -0.0773. The van der Waals surface area contributed by atoms with Crippen molar-refractivity contribution in [3.8, 4) is 5.75 Å². The van der Waals surface area contributed by atoms with Crippen LogP contribution in [-0.2, 0) is 10.2 Å². The molecule has 0 heterocycles. The molecule has 0 amide bonds. The largest absolute Gasteiger partial charge is 0.489 e. The number of aliphatic carboxylic acids is 1. The number of ether oxygens (including phenoxy) is 1. The van der Waals surface area contributed by atoms with Gasteiger partial charge in [-0.25, -0.2) is 0 Å². The average Bonchev–Trinajstić information content (AvgIpc) is 3.05. The Balaban J connectivity index is 1.80. The summed E-state index contributed by atoms with van der Waals surface area (Å²) in [5, 5.41) is 9.80. The maximum atomic E-state index is 11.3. The molecule has 0 aliphatic heterocycles. The summed E-state index contributed by atoms with van der Waals surface area (Å²) in [6.07, 6.45) is 6.24. The summed E-state index contributed by atoms with van der Waals surface area (Å²) in [7, 11) is 0. The number of carboxylic acids is 1. The summed E-state index contributed by atoms with van der Waals surface area (Å²) in [6.45, 7) is 0. The van der Waals surface area contributed by atoms with Gasteiger partial charge in [-0.1, -0.05) is 17.7 Å². The third kappa shape index (κ3) is 2.32. The first-order valence-electron chi connectivity index (χ1n) is 6.82. The van der Waals surface area contributed by atoms with E-state index in [4.69, 9.17) is 16.3 Å². The maximum Gasteiger partial charge on any atom is 0.314 e. The van der Waals surface area contributed by atoms with Gasteiger partial charge in [-0.3, -0.25) is 4.79 Å². The molecule has 0 unspecified atom stereocenters. The molecule has 19 heavy (non-hydrogen) atoms. The van der Waals surface area contributed by atoms with Crippen molar-refractivity contribution in [1.29, 1.82) is 0 Å². The van der Waals surface area contributed by atoms with Crippen molar-refractivity contribution in [2.45, 2.75) is 50.0 Å². The van der Waals surface area contributed by atoms with Crippen molar-refractivity contribution >= 4 is 17.6 Å². The molecule has 3 rings (SSSR count). The summed E-state index contributed by atoms with van der Waals surface area (Å²) >= 11 is 6.23. The number of benzene rings is 1. The minimum absolute atomic E-state index is 0.262. The van der Waals surface area contributed by atoms with Crippen LogP contribution in [0.5, 0.6) is 5.75 Å². The Morgan fingerprint density at radius 2 is 2.00 bits per heavy atom. The van der Waals surface area contributed by atoms with Crippen LogP contribution in [0.3, 0.4) is 0 Å². The molecule has 3 nitrogen and oxygen atoms in total. The molecular formula is C15H17ClO3. The lowest BCUT2D eigenvalue weighted by atomic mass is 9.96. The van der Waals surface area contributed by atoms with Gasteiger partial charge in [-0.15, -0.1) is 0 Å². The normalized spacial score (nSPS) is 21.3. The first kappa shape index (κ1) is 12.8. The minimum atomic E-state index is -0.756. The van der Waals surface area contributed by atoms with Gasteiger partial charge in [-0.05, 0) is 56.2 Å². The molecule has 2 aliphatic rings. The third-order valence-electron chi connectivity index (χ3n) is 4.24. The highest BCUT2D eigenvalue weighted by atomic mass is 35.5. The number of hydrogen-bond donors (Lipinski definition) is 1. The minimum Gasteiger partial charge on any atom is -0.489 e. The molecule has 4 heteroatoms. The van der Waals surface area contributed by atoms with Crippen LogP contribution in [0.4, 0.5) is 0 Å². The molecule has 0 atom stereocenters. The molecule has 102 valence electrons. The Morgan fingerprint density at radius 3 is 2.53 bits per heavy atom. The van der Waals surface area contributed by atoms with E-state index < -0.39 is 11.4 Å². The number of hydrogen-bond acceptors (Lipinski definition) is 2. The summed E-state index contributed by atoms with van der Waals surface area (Å²) in [5.41, 5.74) is 0.0963. The van der Waals surface area contributed by atoms with Gasteiger partial charge in [0.2, 0.25) is 0 Å². The molecule has 2 aliphatic carbocycles. The van der Waals surface area contributed by atoms with Gasteiger partial charge >= 0.3 is 5.97 Å². The number of carbonyl (C=O) groups is 1. The molecule has 0 radical (unpaired) electrons. The van der Waals surface area contributed by atoms with Gasteiger partial charge in [0.25, 0.3) is 0 Å². The van der Waals surface area contributed by atoms with E-state index in [1.54, 1.807) is 6.07 Å². The monoisotopic (exact) mass is 280 g/mol. The van der Waals surface area contributed by atoms with Gasteiger partial charge in [0.1, 0.15) is 5.75 Å². The lowest BCUT2D eigenvalue weighted by molar-refractivity contribution is -0.140. The Hall–Kier alpha value is -1.22. The fourth-order valence-corrected chi connectivity index (χ4v) is 3.06. The van der Waals surface area contributed by atoms with Crippen molar-refractivity contribution in [2.24, 2.45) is 0 Å². The second-order valence-electron chi connectivity index (χ2n) is 5.56. The zero-order valence-electron chi connectivity index (χ0n) is 10.7. The van der Waals surface area contributed by atoms with E-state index >= 15 is 0 Å². The van der Waals surface area contributed by atoms with Gasteiger partial charge in [0, 0.05) is 0 Å². The van der Waals surface area contributed by atoms with E-state index in [0.29, 0.717) is 23.6 Å². The standard InChI is InChI=1S/C15H17ClO3/c16-12-9-10(15(7-8-15)14(17)18)5-6-13(12)19-11-3-1-2-4-11/h5-6,9,11H,1-4,7-8H2,(H,17,18). The Kier molecular flexibility index (Phi) is 3.17. The number of rotatable bonds is 4. The predicted octanol–water partition coefficient (Wildman–Crippen LogP) is 3.78. The van der Waals surface area contributed by atoms with Crippen LogP contribution < -0.4 is 4.74 Å². The summed E-state index contributed by atoms with van der Waals surface area (Å²) in [4.78, 5) is 11.3. The molecule has 0 bridgehead atoms. The maximum absolute atomic E-state index is 11.3. The Labute approximate surface area is 117 Å². The molecule has 2 fully saturated rings. The van der Waals surface area contributed by atoms with E-state index in [9.17, 15) is 9.90 Å². The van der Waals surface area contributed by atoms with Crippen molar-refractivity contribution in [3.05, 3.63) is 28.8 Å². The predicted molar refractivity (Wildman–Crippen MR) is 72.9 cm³/mol. The van der Waals surface area contributed by atoms with E-state index in [0.717, 1.165) is 18.4 Å². The second-order valence-corrected chi connectivity index (χ2v) is 5.96. The highest BCUT2D eigenvalue weighted by Gasteiger charge is 2.51. The highest BCUT2D eigenvalue weighted by Crippen LogP contribution is 2.49. The van der Waals surface area contributed by atoms with Crippen LogP contribution in [0.25, 0.3) is 0 Å². The molecular weight excluding hydrogens is 264 g/mol. The van der Waals surface area contributed by atoms with Crippen LogP contribution in [-0.4, -0.2) is 17.2 Å². The first-order chi connectivity index (χ1) is 9.12. The third-order valence-corrected chi connectivity index (χ3v) is 4.54. The fourth-order valence-electron chi connectivity index (χ4n) is 2.83. The van der Waals surface area contributed by atoms with Crippen LogP contribution >= 0.6 is 11.6 Å². The summed E-state index contributed by atoms with van der Waals surface area (Å²) in [6, 6.07) is 5.42. The highest BCUT2D eigenvalue weighted by molar-refractivity contribution is 6.32. The quantitative estimate of drug-likeness (QED) is 0.913. The summed E-state index contributed by atoms with van der Waals surface area (Å²) < 4.78 is 5.88. The number of carboxylic acid groups (broad SMARTS) is 1. The molecule has 0 aromatic heterocycles. The lowest BCUT2D eigenvalue weighted by Crippen LogP contribution is -2.19. The molecule has 1 N–H and O–H groups in total. The molecule has 1 aromatic carbocycles. The molecule has 2 saturated carbocycles.